The Bertz CT molecular complexity index is 716. The maximum Gasteiger partial charge on any atom is 0.312 e. The maximum absolute atomic E-state index is 12.1. The van der Waals surface area contributed by atoms with Crippen molar-refractivity contribution in [2.75, 3.05) is 12.4 Å². The number of nitro groups is 1. The number of hydrogen-bond acceptors (Lipinski definition) is 6. The fraction of sp³-hybridized carbons (Fsp3) is 0.0833. The predicted molar refractivity (Wildman–Crippen MR) is 81.3 cm³/mol. The molecule has 0 atom stereocenters. The Morgan fingerprint density at radius 1 is 1.48 bits per heavy atom. The zero-order valence-corrected chi connectivity index (χ0v) is 13.0. The van der Waals surface area contributed by atoms with Crippen LogP contribution in [0.1, 0.15) is 9.67 Å². The number of phenols is 1. The average Bonchev–Trinajstić information content (AvgIpc) is 2.82. The highest BCUT2D eigenvalue weighted by molar-refractivity contribution is 9.11. The van der Waals surface area contributed by atoms with Crippen molar-refractivity contribution >= 4 is 44.5 Å². The second-order valence-corrected chi connectivity index (χ2v) is 6.24. The first kappa shape index (κ1) is 15.3. The number of anilines is 1. The first-order chi connectivity index (χ1) is 9.92. The fourth-order valence-electron chi connectivity index (χ4n) is 1.54. The van der Waals surface area contributed by atoms with E-state index in [9.17, 15) is 20.0 Å². The van der Waals surface area contributed by atoms with Crippen molar-refractivity contribution in [1.29, 1.82) is 0 Å². The van der Waals surface area contributed by atoms with E-state index in [1.807, 2.05) is 0 Å². The molecule has 0 bridgehead atoms. The molecule has 2 aromatic rings. The zero-order chi connectivity index (χ0) is 15.6. The Morgan fingerprint density at radius 3 is 2.76 bits per heavy atom. The smallest absolute Gasteiger partial charge is 0.312 e. The second kappa shape index (κ2) is 6.10. The molecule has 1 aromatic carbocycles. The van der Waals surface area contributed by atoms with E-state index in [1.54, 1.807) is 6.07 Å². The highest BCUT2D eigenvalue weighted by Crippen LogP contribution is 2.35. The van der Waals surface area contributed by atoms with Crippen LogP contribution in [0.2, 0.25) is 0 Å². The number of methoxy groups -OCH3 is 1. The number of halogens is 1. The van der Waals surface area contributed by atoms with Gasteiger partial charge in [0.1, 0.15) is 9.54 Å². The minimum Gasteiger partial charge on any atom is -0.502 e. The molecule has 1 heterocycles. The standard InChI is InChI=1S/C12H9BrN2O5S/c1-20-9-5-10(21-11(9)13)12(17)14-6-2-3-8(16)7(4-6)15(18)19/h2-5,16H,1H3,(H,14,17). The minimum atomic E-state index is -0.726. The molecule has 0 saturated heterocycles. The molecule has 0 fully saturated rings. The van der Waals surface area contributed by atoms with Gasteiger partial charge in [-0.3, -0.25) is 14.9 Å². The van der Waals surface area contributed by atoms with Gasteiger partial charge in [-0.2, -0.15) is 0 Å². The van der Waals surface area contributed by atoms with E-state index in [0.717, 1.165) is 12.1 Å². The number of rotatable bonds is 4. The summed E-state index contributed by atoms with van der Waals surface area (Å²) >= 11 is 4.44. The average molecular weight is 373 g/mol. The zero-order valence-electron chi connectivity index (χ0n) is 10.6. The second-order valence-electron chi connectivity index (χ2n) is 3.87. The van der Waals surface area contributed by atoms with Crippen molar-refractivity contribution in [1.82, 2.24) is 0 Å². The highest BCUT2D eigenvalue weighted by Gasteiger charge is 2.17. The van der Waals surface area contributed by atoms with E-state index >= 15 is 0 Å². The number of ether oxygens (including phenoxy) is 1. The first-order valence-electron chi connectivity index (χ1n) is 5.54. The highest BCUT2D eigenvalue weighted by atomic mass is 79.9. The van der Waals surface area contributed by atoms with Gasteiger partial charge in [-0.25, -0.2) is 0 Å². The summed E-state index contributed by atoms with van der Waals surface area (Å²) in [5.74, 6) is -0.357. The number of nitrogens with one attached hydrogen (secondary N) is 1. The van der Waals surface area contributed by atoms with E-state index in [2.05, 4.69) is 21.2 Å². The van der Waals surface area contributed by atoms with Crippen molar-refractivity contribution in [3.63, 3.8) is 0 Å². The first-order valence-corrected chi connectivity index (χ1v) is 7.15. The molecule has 7 nitrogen and oxygen atoms in total. The lowest BCUT2D eigenvalue weighted by Crippen LogP contribution is -2.10. The number of hydrogen-bond donors (Lipinski definition) is 2. The van der Waals surface area contributed by atoms with Crippen LogP contribution < -0.4 is 10.1 Å². The maximum atomic E-state index is 12.1. The third kappa shape index (κ3) is 3.31. The number of amides is 1. The summed E-state index contributed by atoms with van der Waals surface area (Å²) in [7, 11) is 1.48. The molecule has 0 aliphatic heterocycles. The summed E-state index contributed by atoms with van der Waals surface area (Å²) in [6.07, 6.45) is 0. The van der Waals surface area contributed by atoms with Gasteiger partial charge in [0.15, 0.2) is 5.75 Å². The predicted octanol–water partition coefficient (Wildman–Crippen LogP) is 3.39. The van der Waals surface area contributed by atoms with Crippen molar-refractivity contribution in [2.45, 2.75) is 0 Å². The topological polar surface area (TPSA) is 102 Å². The van der Waals surface area contributed by atoms with E-state index in [4.69, 9.17) is 4.74 Å². The van der Waals surface area contributed by atoms with Gasteiger partial charge >= 0.3 is 5.69 Å². The SMILES string of the molecule is COc1cc(C(=O)Nc2ccc(O)c([N+](=O)[O-])c2)sc1Br. The number of carbonyl (C=O) groups excluding carboxylic acids is 1. The Balaban J connectivity index is 2.23. The Morgan fingerprint density at radius 2 is 2.19 bits per heavy atom. The number of benzene rings is 1. The molecule has 2 rings (SSSR count). The number of aromatic hydroxyl groups is 1. The van der Waals surface area contributed by atoms with Gasteiger partial charge in [0.2, 0.25) is 0 Å². The minimum absolute atomic E-state index is 0.216. The van der Waals surface area contributed by atoms with Gasteiger partial charge in [0, 0.05) is 17.8 Å². The molecule has 2 N–H and O–H groups in total. The molecule has 0 aliphatic rings. The molecule has 0 unspecified atom stereocenters. The van der Waals surface area contributed by atoms with Crippen LogP contribution in [0.3, 0.4) is 0 Å². The molecule has 0 aliphatic carbocycles. The van der Waals surface area contributed by atoms with Gasteiger partial charge in [-0.1, -0.05) is 0 Å². The summed E-state index contributed by atoms with van der Waals surface area (Å²) in [6, 6.07) is 5.17. The summed E-state index contributed by atoms with van der Waals surface area (Å²) in [6.45, 7) is 0. The quantitative estimate of drug-likeness (QED) is 0.486. The monoisotopic (exact) mass is 372 g/mol. The molecule has 21 heavy (non-hydrogen) atoms. The third-order valence-corrected chi connectivity index (χ3v) is 4.31. The van der Waals surface area contributed by atoms with Crippen LogP contribution in [0.5, 0.6) is 11.5 Å². The number of nitrogens with zero attached hydrogens (tertiary/aromatic N) is 1. The van der Waals surface area contributed by atoms with Gasteiger partial charge in [0.05, 0.1) is 16.9 Å². The fourth-order valence-corrected chi connectivity index (χ4v) is 3.09. The molecule has 110 valence electrons. The van der Waals surface area contributed by atoms with E-state index < -0.39 is 22.3 Å². The van der Waals surface area contributed by atoms with Gasteiger partial charge in [-0.05, 0) is 28.1 Å². The van der Waals surface area contributed by atoms with E-state index in [0.29, 0.717) is 14.4 Å². The van der Waals surface area contributed by atoms with E-state index in [1.165, 1.54) is 24.5 Å². The molecule has 0 spiro atoms. The van der Waals surface area contributed by atoms with Crippen LogP contribution in [0.4, 0.5) is 11.4 Å². The van der Waals surface area contributed by atoms with Crippen molar-refractivity contribution in [3.8, 4) is 11.5 Å². The summed E-state index contributed by atoms with van der Waals surface area (Å²) in [5.41, 5.74) is -0.259. The lowest BCUT2D eigenvalue weighted by molar-refractivity contribution is -0.385. The van der Waals surface area contributed by atoms with Gasteiger partial charge in [0.25, 0.3) is 5.91 Å². The van der Waals surface area contributed by atoms with Gasteiger partial charge in [-0.15, -0.1) is 11.3 Å². The molecule has 0 radical (unpaired) electrons. The number of phenolic OH excluding ortho intramolecular Hbond substituents is 1. The van der Waals surface area contributed by atoms with Crippen molar-refractivity contribution < 1.29 is 19.6 Å². The van der Waals surface area contributed by atoms with Crippen LogP contribution in [0.25, 0.3) is 0 Å². The van der Waals surface area contributed by atoms with Crippen molar-refractivity contribution in [3.05, 3.63) is 43.0 Å². The Labute approximate surface area is 131 Å². The largest absolute Gasteiger partial charge is 0.502 e. The molecular weight excluding hydrogens is 364 g/mol. The van der Waals surface area contributed by atoms with Crippen LogP contribution in [-0.4, -0.2) is 23.0 Å². The number of nitro benzene ring substituents is 1. The van der Waals surface area contributed by atoms with E-state index in [-0.39, 0.29) is 5.69 Å². The molecule has 0 saturated carbocycles. The molecule has 1 amide bonds. The Hall–Kier alpha value is -2.13. The lowest BCUT2D eigenvalue weighted by Gasteiger charge is -2.04. The van der Waals surface area contributed by atoms with Crippen LogP contribution in [0.15, 0.2) is 28.1 Å². The normalized spacial score (nSPS) is 10.2. The summed E-state index contributed by atoms with van der Waals surface area (Å²) in [5, 5.41) is 22.6. The van der Waals surface area contributed by atoms with Crippen LogP contribution in [-0.2, 0) is 0 Å². The Kier molecular flexibility index (Phi) is 4.43. The number of carbonyl (C=O) groups is 1. The summed E-state index contributed by atoms with van der Waals surface area (Å²) in [4.78, 5) is 22.4. The van der Waals surface area contributed by atoms with Gasteiger partial charge < -0.3 is 15.2 Å². The third-order valence-electron chi connectivity index (χ3n) is 2.53. The lowest BCUT2D eigenvalue weighted by atomic mass is 10.2. The van der Waals surface area contributed by atoms with Crippen LogP contribution >= 0.6 is 27.3 Å². The molecule has 1 aromatic heterocycles. The molecular formula is C12H9BrN2O5S. The number of thiophene rings is 1. The molecule has 9 heteroatoms. The van der Waals surface area contributed by atoms with Crippen molar-refractivity contribution in [2.24, 2.45) is 0 Å². The van der Waals surface area contributed by atoms with Crippen LogP contribution in [0, 0.1) is 10.1 Å². The summed E-state index contributed by atoms with van der Waals surface area (Å²) < 4.78 is 5.73.